The maximum atomic E-state index is 12.8. The Balaban J connectivity index is 1.69. The van der Waals surface area contributed by atoms with Gasteiger partial charge in [0, 0.05) is 12.1 Å². The van der Waals surface area contributed by atoms with Crippen LogP contribution in [0.2, 0.25) is 0 Å². The van der Waals surface area contributed by atoms with E-state index in [9.17, 15) is 9.59 Å². The van der Waals surface area contributed by atoms with Crippen molar-refractivity contribution in [3.05, 3.63) is 71.3 Å². The second-order valence-electron chi connectivity index (χ2n) is 6.66. The molecule has 2 amide bonds. The molecule has 130 valence electrons. The highest BCUT2D eigenvalue weighted by atomic mass is 16.2. The lowest BCUT2D eigenvalue weighted by Gasteiger charge is -2.26. The third-order valence-electron chi connectivity index (χ3n) is 4.77. The highest BCUT2D eigenvalue weighted by molar-refractivity contribution is 5.98. The Morgan fingerprint density at radius 1 is 1.08 bits per heavy atom. The van der Waals surface area contributed by atoms with Crippen molar-refractivity contribution in [3.8, 4) is 0 Å². The number of nitrogens with zero attached hydrogens (tertiary/aromatic N) is 1. The van der Waals surface area contributed by atoms with Gasteiger partial charge in [0.15, 0.2) is 0 Å². The summed E-state index contributed by atoms with van der Waals surface area (Å²) in [5, 5.41) is 3.05. The van der Waals surface area contributed by atoms with Crippen molar-refractivity contribution in [1.82, 2.24) is 10.2 Å². The summed E-state index contributed by atoms with van der Waals surface area (Å²) in [6, 6.07) is 16.9. The first-order valence-electron chi connectivity index (χ1n) is 8.79. The lowest BCUT2D eigenvalue weighted by atomic mass is 10.1. The fourth-order valence-electron chi connectivity index (χ4n) is 3.28. The summed E-state index contributed by atoms with van der Waals surface area (Å²) in [4.78, 5) is 27.2. The van der Waals surface area contributed by atoms with Crippen LogP contribution in [-0.4, -0.2) is 29.3 Å². The standard InChI is InChI=1S/C21H24N2O2/c1-15-10-12-18(13-11-15)21(25)23-14-6-9-19(23)20(24)22-16(2)17-7-4-3-5-8-17/h3-5,7-8,10-13,16,19H,6,9,14H2,1-2H3,(H,22,24)/t16-,19+/m0/s1. The molecule has 4 nitrogen and oxygen atoms in total. The second-order valence-corrected chi connectivity index (χ2v) is 6.66. The number of hydrogen-bond donors (Lipinski definition) is 1. The van der Waals surface area contributed by atoms with Gasteiger partial charge in [-0.1, -0.05) is 48.0 Å². The third-order valence-corrected chi connectivity index (χ3v) is 4.77. The maximum absolute atomic E-state index is 12.8. The van der Waals surface area contributed by atoms with Gasteiger partial charge in [-0.05, 0) is 44.4 Å². The van der Waals surface area contributed by atoms with E-state index in [-0.39, 0.29) is 23.9 Å². The van der Waals surface area contributed by atoms with Gasteiger partial charge in [0.2, 0.25) is 5.91 Å². The predicted molar refractivity (Wildman–Crippen MR) is 98.2 cm³/mol. The van der Waals surface area contributed by atoms with E-state index in [1.807, 2.05) is 68.4 Å². The van der Waals surface area contributed by atoms with Gasteiger partial charge in [-0.2, -0.15) is 0 Å². The summed E-state index contributed by atoms with van der Waals surface area (Å²) in [5.41, 5.74) is 2.82. The minimum atomic E-state index is -0.389. The molecule has 1 aliphatic heterocycles. The Morgan fingerprint density at radius 2 is 1.76 bits per heavy atom. The van der Waals surface area contributed by atoms with Crippen molar-refractivity contribution in [1.29, 1.82) is 0 Å². The van der Waals surface area contributed by atoms with Crippen LogP contribution in [0.5, 0.6) is 0 Å². The van der Waals surface area contributed by atoms with Gasteiger partial charge in [-0.25, -0.2) is 0 Å². The fourth-order valence-corrected chi connectivity index (χ4v) is 3.28. The van der Waals surface area contributed by atoms with E-state index in [4.69, 9.17) is 0 Å². The van der Waals surface area contributed by atoms with Crippen molar-refractivity contribution in [2.45, 2.75) is 38.8 Å². The van der Waals surface area contributed by atoms with Crippen LogP contribution >= 0.6 is 0 Å². The Hall–Kier alpha value is -2.62. The zero-order valence-corrected chi connectivity index (χ0v) is 14.7. The third kappa shape index (κ3) is 3.90. The number of likely N-dealkylation sites (tertiary alicyclic amines) is 1. The zero-order valence-electron chi connectivity index (χ0n) is 14.7. The fraction of sp³-hybridized carbons (Fsp3) is 0.333. The van der Waals surface area contributed by atoms with Crippen molar-refractivity contribution in [2.75, 3.05) is 6.54 Å². The molecular formula is C21H24N2O2. The second kappa shape index (κ2) is 7.51. The Bertz CT molecular complexity index is 740. The molecular weight excluding hydrogens is 312 g/mol. The molecule has 4 heteroatoms. The number of rotatable bonds is 4. The van der Waals surface area contributed by atoms with Crippen molar-refractivity contribution >= 4 is 11.8 Å². The summed E-state index contributed by atoms with van der Waals surface area (Å²) < 4.78 is 0. The maximum Gasteiger partial charge on any atom is 0.254 e. The number of nitrogens with one attached hydrogen (secondary N) is 1. The highest BCUT2D eigenvalue weighted by Crippen LogP contribution is 2.22. The van der Waals surface area contributed by atoms with Crippen molar-refractivity contribution in [2.24, 2.45) is 0 Å². The van der Waals surface area contributed by atoms with Gasteiger partial charge >= 0.3 is 0 Å². The Labute approximate surface area is 148 Å². The Kier molecular flexibility index (Phi) is 5.17. The molecule has 1 saturated heterocycles. The smallest absolute Gasteiger partial charge is 0.254 e. The van der Waals surface area contributed by atoms with Gasteiger partial charge < -0.3 is 10.2 Å². The summed E-state index contributed by atoms with van der Waals surface area (Å²) in [7, 11) is 0. The van der Waals surface area contributed by atoms with Gasteiger partial charge in [-0.3, -0.25) is 9.59 Å². The molecule has 0 radical (unpaired) electrons. The molecule has 0 aromatic heterocycles. The van der Waals surface area contributed by atoms with Gasteiger partial charge in [0.25, 0.3) is 5.91 Å². The van der Waals surface area contributed by atoms with E-state index in [1.165, 1.54) is 0 Å². The number of carbonyl (C=O) groups excluding carboxylic acids is 2. The average Bonchev–Trinajstić information content (AvgIpc) is 3.12. The highest BCUT2D eigenvalue weighted by Gasteiger charge is 2.34. The minimum absolute atomic E-state index is 0.0648. The van der Waals surface area contributed by atoms with E-state index in [0.717, 1.165) is 17.5 Å². The van der Waals surface area contributed by atoms with Crippen LogP contribution < -0.4 is 5.32 Å². The topological polar surface area (TPSA) is 49.4 Å². The number of benzene rings is 2. The number of amides is 2. The molecule has 1 fully saturated rings. The summed E-state index contributed by atoms with van der Waals surface area (Å²) >= 11 is 0. The first kappa shape index (κ1) is 17.2. The van der Waals surface area contributed by atoms with Crippen LogP contribution in [0.15, 0.2) is 54.6 Å². The van der Waals surface area contributed by atoms with Crippen LogP contribution in [-0.2, 0) is 4.79 Å². The zero-order chi connectivity index (χ0) is 17.8. The molecule has 0 spiro atoms. The van der Waals surface area contributed by atoms with Crippen LogP contribution in [0.4, 0.5) is 0 Å². The summed E-state index contributed by atoms with van der Waals surface area (Å²) in [6.07, 6.45) is 1.57. The van der Waals surface area contributed by atoms with Gasteiger partial charge in [0.1, 0.15) is 6.04 Å². The quantitative estimate of drug-likeness (QED) is 0.929. The van der Waals surface area contributed by atoms with E-state index in [0.29, 0.717) is 18.5 Å². The average molecular weight is 336 g/mol. The SMILES string of the molecule is Cc1ccc(C(=O)N2CCC[C@@H]2C(=O)N[C@@H](C)c2ccccc2)cc1. The van der Waals surface area contributed by atoms with E-state index in [2.05, 4.69) is 5.32 Å². The lowest BCUT2D eigenvalue weighted by molar-refractivity contribution is -0.125. The molecule has 2 aromatic carbocycles. The number of aryl methyl sites for hydroxylation is 1. The monoisotopic (exact) mass is 336 g/mol. The number of carbonyl (C=O) groups is 2. The van der Waals surface area contributed by atoms with Crippen molar-refractivity contribution < 1.29 is 9.59 Å². The van der Waals surface area contributed by atoms with E-state index in [1.54, 1.807) is 4.90 Å². The molecule has 1 N–H and O–H groups in total. The van der Waals surface area contributed by atoms with E-state index < -0.39 is 0 Å². The predicted octanol–water partition coefficient (Wildman–Crippen LogP) is 3.48. The molecule has 1 heterocycles. The molecule has 0 unspecified atom stereocenters. The molecule has 2 aromatic rings. The molecule has 0 saturated carbocycles. The summed E-state index contributed by atoms with van der Waals surface area (Å²) in [6.45, 7) is 4.59. The summed E-state index contributed by atoms with van der Waals surface area (Å²) in [5.74, 6) is -0.140. The first-order chi connectivity index (χ1) is 12.1. The molecule has 25 heavy (non-hydrogen) atoms. The van der Waals surface area contributed by atoms with Gasteiger partial charge in [0.05, 0.1) is 6.04 Å². The Morgan fingerprint density at radius 3 is 2.44 bits per heavy atom. The largest absolute Gasteiger partial charge is 0.348 e. The molecule has 1 aliphatic rings. The number of hydrogen-bond acceptors (Lipinski definition) is 2. The molecule has 0 bridgehead atoms. The van der Waals surface area contributed by atoms with Crippen molar-refractivity contribution in [3.63, 3.8) is 0 Å². The first-order valence-corrected chi connectivity index (χ1v) is 8.79. The normalized spacial score (nSPS) is 18.0. The van der Waals surface area contributed by atoms with Crippen LogP contribution in [0.1, 0.15) is 47.3 Å². The van der Waals surface area contributed by atoms with E-state index >= 15 is 0 Å². The van der Waals surface area contributed by atoms with Gasteiger partial charge in [-0.15, -0.1) is 0 Å². The molecule has 0 aliphatic carbocycles. The minimum Gasteiger partial charge on any atom is -0.348 e. The molecule has 3 rings (SSSR count). The van der Waals surface area contributed by atoms with Crippen LogP contribution in [0.3, 0.4) is 0 Å². The van der Waals surface area contributed by atoms with Crippen LogP contribution in [0.25, 0.3) is 0 Å². The molecule has 2 atom stereocenters. The van der Waals surface area contributed by atoms with Crippen LogP contribution in [0, 0.1) is 6.92 Å². The lowest BCUT2D eigenvalue weighted by Crippen LogP contribution is -2.46.